The molecule has 0 saturated carbocycles. The van der Waals surface area contributed by atoms with E-state index in [0.717, 1.165) is 5.56 Å². The predicted molar refractivity (Wildman–Crippen MR) is 92.3 cm³/mol. The fourth-order valence-corrected chi connectivity index (χ4v) is 2.72. The summed E-state index contributed by atoms with van der Waals surface area (Å²) < 4.78 is 28.0. The molecule has 1 aromatic carbocycles. The lowest BCUT2D eigenvalue weighted by Crippen LogP contribution is -2.37. The molecule has 0 aliphatic rings. The zero-order valence-corrected chi connectivity index (χ0v) is 15.7. The number of hydrogen-bond acceptors (Lipinski definition) is 4. The van der Waals surface area contributed by atoms with Crippen LogP contribution in [0.1, 0.15) is 26.3 Å². The molecule has 130 valence electrons. The summed E-state index contributed by atoms with van der Waals surface area (Å²) in [4.78, 5) is 12.5. The van der Waals surface area contributed by atoms with E-state index in [4.69, 9.17) is 27.4 Å². The molecule has 0 aliphatic carbocycles. The molecule has 1 aromatic rings. The van der Waals surface area contributed by atoms with Crippen LogP contribution in [0.3, 0.4) is 0 Å². The number of nitrogens with zero attached hydrogens (tertiary/aromatic N) is 1. The zero-order valence-electron chi connectivity index (χ0n) is 13.3. The number of rotatable bonds is 8. The summed E-state index contributed by atoms with van der Waals surface area (Å²) in [7, 11) is -3.59. The minimum atomic E-state index is -3.59. The average Bonchev–Trinajstić information content (AvgIpc) is 2.45. The second kappa shape index (κ2) is 8.76. The van der Waals surface area contributed by atoms with Gasteiger partial charge >= 0.3 is 10.1 Å². The van der Waals surface area contributed by atoms with Gasteiger partial charge in [0.05, 0.1) is 5.75 Å². The molecule has 0 atom stereocenters. The lowest BCUT2D eigenvalue weighted by Gasteiger charge is -2.25. The predicted octanol–water partition coefficient (Wildman–Crippen LogP) is 3.20. The maximum atomic E-state index is 12.1. The number of alkyl halides is 2. The van der Waals surface area contributed by atoms with E-state index in [9.17, 15) is 13.2 Å². The van der Waals surface area contributed by atoms with E-state index in [1.807, 2.05) is 13.8 Å². The largest absolute Gasteiger partial charge is 0.382 e. The quantitative estimate of drug-likeness (QED) is 0.512. The normalized spacial score (nSPS) is 11.8. The van der Waals surface area contributed by atoms with Crippen LogP contribution < -0.4 is 4.18 Å². The fraction of sp³-hybridized carbons (Fsp3) is 0.533. The van der Waals surface area contributed by atoms with E-state index in [1.165, 1.54) is 6.92 Å². The second-order valence-electron chi connectivity index (χ2n) is 5.49. The van der Waals surface area contributed by atoms with Crippen molar-refractivity contribution in [2.24, 2.45) is 5.92 Å². The van der Waals surface area contributed by atoms with E-state index in [-0.39, 0.29) is 29.9 Å². The van der Waals surface area contributed by atoms with E-state index in [1.54, 1.807) is 29.2 Å². The highest BCUT2D eigenvalue weighted by Gasteiger charge is 2.21. The molecule has 5 nitrogen and oxygen atoms in total. The van der Waals surface area contributed by atoms with E-state index < -0.39 is 15.0 Å². The standard InChI is InChI=1S/C15H21Cl2NO4S/c1-4-23(20,21)22-13-7-5-6-12(8-13)10-18(9-11(2)3)15(19)14(16)17/h5-8,11,14H,4,9-10H2,1-3H3. The highest BCUT2D eigenvalue weighted by molar-refractivity contribution is 7.87. The van der Waals surface area contributed by atoms with Gasteiger partial charge in [-0.2, -0.15) is 8.42 Å². The van der Waals surface area contributed by atoms with Crippen molar-refractivity contribution in [1.29, 1.82) is 0 Å². The molecule has 1 rings (SSSR count). The SMILES string of the molecule is CCS(=O)(=O)Oc1cccc(CN(CC(C)C)C(=O)C(Cl)Cl)c1. The first-order valence-electron chi connectivity index (χ1n) is 7.22. The highest BCUT2D eigenvalue weighted by atomic mass is 35.5. The summed E-state index contributed by atoms with van der Waals surface area (Å²) in [5.41, 5.74) is 0.733. The number of carbonyl (C=O) groups is 1. The van der Waals surface area contributed by atoms with E-state index in [2.05, 4.69) is 0 Å². The van der Waals surface area contributed by atoms with Crippen molar-refractivity contribution in [2.75, 3.05) is 12.3 Å². The van der Waals surface area contributed by atoms with Crippen LogP contribution in [-0.2, 0) is 21.5 Å². The number of amides is 1. The Bertz CT molecular complexity index is 632. The number of hydrogen-bond donors (Lipinski definition) is 0. The van der Waals surface area contributed by atoms with Gasteiger partial charge in [0, 0.05) is 13.1 Å². The molecule has 0 heterocycles. The Morgan fingerprint density at radius 1 is 1.30 bits per heavy atom. The smallest absolute Gasteiger partial charge is 0.308 e. The molecule has 0 aliphatic heterocycles. The Morgan fingerprint density at radius 2 is 1.96 bits per heavy atom. The Morgan fingerprint density at radius 3 is 2.48 bits per heavy atom. The maximum absolute atomic E-state index is 12.1. The third kappa shape index (κ3) is 6.97. The summed E-state index contributed by atoms with van der Waals surface area (Å²) in [5.74, 6) is -0.0369. The van der Waals surface area contributed by atoms with Gasteiger partial charge < -0.3 is 9.08 Å². The molecule has 0 fully saturated rings. The molecule has 0 unspecified atom stereocenters. The topological polar surface area (TPSA) is 63.7 Å². The third-order valence-corrected chi connectivity index (χ3v) is 4.46. The van der Waals surface area contributed by atoms with Gasteiger partial charge in [-0.05, 0) is 30.5 Å². The lowest BCUT2D eigenvalue weighted by atomic mass is 10.1. The van der Waals surface area contributed by atoms with Crippen LogP contribution in [0.15, 0.2) is 24.3 Å². The first-order valence-corrected chi connectivity index (χ1v) is 9.67. The average molecular weight is 382 g/mol. The summed E-state index contributed by atoms with van der Waals surface area (Å²) in [6.45, 7) is 6.23. The van der Waals surface area contributed by atoms with Crippen LogP contribution >= 0.6 is 23.2 Å². The molecule has 0 saturated heterocycles. The monoisotopic (exact) mass is 381 g/mol. The van der Waals surface area contributed by atoms with Crippen LogP contribution in [0.4, 0.5) is 0 Å². The molecular formula is C15H21Cl2NO4S. The van der Waals surface area contributed by atoms with Gasteiger partial charge in [-0.15, -0.1) is 0 Å². The molecule has 1 amide bonds. The summed E-state index contributed by atoms with van der Waals surface area (Å²) in [6, 6.07) is 6.60. The van der Waals surface area contributed by atoms with Crippen LogP contribution in [0.25, 0.3) is 0 Å². The lowest BCUT2D eigenvalue weighted by molar-refractivity contribution is -0.130. The summed E-state index contributed by atoms with van der Waals surface area (Å²) in [6.07, 6.45) is 0. The molecule has 0 spiro atoms. The Balaban J connectivity index is 2.94. The van der Waals surface area contributed by atoms with Crippen molar-refractivity contribution < 1.29 is 17.4 Å². The second-order valence-corrected chi connectivity index (χ2v) is 8.45. The van der Waals surface area contributed by atoms with Crippen molar-refractivity contribution in [3.8, 4) is 5.75 Å². The van der Waals surface area contributed by atoms with Crippen molar-refractivity contribution >= 4 is 39.2 Å². The highest BCUT2D eigenvalue weighted by Crippen LogP contribution is 2.19. The number of halogens is 2. The number of carbonyl (C=O) groups excluding carboxylic acids is 1. The van der Waals surface area contributed by atoms with Crippen molar-refractivity contribution in [1.82, 2.24) is 4.90 Å². The third-order valence-electron chi connectivity index (χ3n) is 2.93. The van der Waals surface area contributed by atoms with E-state index >= 15 is 0 Å². The number of benzene rings is 1. The molecule has 8 heteroatoms. The molecule has 0 aromatic heterocycles. The van der Waals surface area contributed by atoms with E-state index in [0.29, 0.717) is 6.54 Å². The molecule has 23 heavy (non-hydrogen) atoms. The van der Waals surface area contributed by atoms with Crippen molar-refractivity contribution in [3.05, 3.63) is 29.8 Å². The van der Waals surface area contributed by atoms with Gasteiger partial charge in [0.2, 0.25) is 0 Å². The molecule has 0 bridgehead atoms. The molecule has 0 N–H and O–H groups in total. The van der Waals surface area contributed by atoms with Crippen LogP contribution in [0, 0.1) is 5.92 Å². The van der Waals surface area contributed by atoms with Crippen LogP contribution in [0.2, 0.25) is 0 Å². The first-order chi connectivity index (χ1) is 10.6. The van der Waals surface area contributed by atoms with Crippen molar-refractivity contribution in [2.45, 2.75) is 32.2 Å². The minimum absolute atomic E-state index is 0.116. The zero-order chi connectivity index (χ0) is 17.6. The summed E-state index contributed by atoms with van der Waals surface area (Å²) >= 11 is 11.4. The van der Waals surface area contributed by atoms with Gasteiger partial charge in [0.15, 0.2) is 4.84 Å². The van der Waals surface area contributed by atoms with Gasteiger partial charge in [-0.25, -0.2) is 0 Å². The van der Waals surface area contributed by atoms with Crippen LogP contribution in [-0.4, -0.2) is 36.4 Å². The molecular weight excluding hydrogens is 361 g/mol. The maximum Gasteiger partial charge on any atom is 0.308 e. The Labute approximate surface area is 147 Å². The fourth-order valence-electron chi connectivity index (χ4n) is 1.93. The summed E-state index contributed by atoms with van der Waals surface area (Å²) in [5, 5.41) is 0. The molecule has 0 radical (unpaired) electrons. The van der Waals surface area contributed by atoms with Crippen LogP contribution in [0.5, 0.6) is 5.75 Å². The van der Waals surface area contributed by atoms with Gasteiger partial charge in [-0.3, -0.25) is 4.79 Å². The Kier molecular flexibility index (Phi) is 7.64. The minimum Gasteiger partial charge on any atom is -0.382 e. The van der Waals surface area contributed by atoms with Gasteiger partial charge in [0.25, 0.3) is 5.91 Å². The first kappa shape index (κ1) is 20.1. The van der Waals surface area contributed by atoms with Crippen molar-refractivity contribution in [3.63, 3.8) is 0 Å². The van der Waals surface area contributed by atoms with Gasteiger partial charge in [0.1, 0.15) is 5.75 Å². The van der Waals surface area contributed by atoms with Gasteiger partial charge in [-0.1, -0.05) is 49.2 Å². The Hall–Kier alpha value is -0.980.